The number of rotatable bonds is 7. The zero-order valence-corrected chi connectivity index (χ0v) is 15.7. The van der Waals surface area contributed by atoms with E-state index in [0.717, 1.165) is 12.0 Å². The zero-order chi connectivity index (χ0) is 19.2. The third-order valence-electron chi connectivity index (χ3n) is 4.27. The van der Waals surface area contributed by atoms with Crippen molar-refractivity contribution in [3.63, 3.8) is 0 Å². The maximum atomic E-state index is 13.8. The van der Waals surface area contributed by atoms with Crippen molar-refractivity contribution in [3.8, 4) is 11.3 Å². The number of benzene rings is 2. The average molecular weight is 387 g/mol. The Kier molecular flexibility index (Phi) is 6.24. The molecular formula is C21H20ClFN2O2. The van der Waals surface area contributed by atoms with Crippen molar-refractivity contribution in [2.24, 2.45) is 0 Å². The van der Waals surface area contributed by atoms with Crippen LogP contribution in [0.1, 0.15) is 37.3 Å². The van der Waals surface area contributed by atoms with Crippen LogP contribution in [0, 0.1) is 5.82 Å². The third-order valence-corrected chi connectivity index (χ3v) is 4.53. The van der Waals surface area contributed by atoms with Gasteiger partial charge in [0.2, 0.25) is 5.91 Å². The molecule has 1 atom stereocenters. The van der Waals surface area contributed by atoms with Gasteiger partial charge in [-0.15, -0.1) is 0 Å². The van der Waals surface area contributed by atoms with Crippen LogP contribution in [0.3, 0.4) is 0 Å². The Bertz CT molecular complexity index is 909. The molecule has 0 saturated carbocycles. The highest BCUT2D eigenvalue weighted by molar-refractivity contribution is 6.30. The molecule has 1 N–H and O–H groups in total. The third kappa shape index (κ3) is 4.95. The molecule has 0 fully saturated rings. The van der Waals surface area contributed by atoms with Crippen molar-refractivity contribution in [2.75, 3.05) is 0 Å². The Labute approximate surface area is 162 Å². The molecule has 3 rings (SSSR count). The van der Waals surface area contributed by atoms with Gasteiger partial charge >= 0.3 is 0 Å². The smallest absolute Gasteiger partial charge is 0.220 e. The van der Waals surface area contributed by atoms with Crippen molar-refractivity contribution in [1.82, 2.24) is 10.3 Å². The minimum Gasteiger partial charge on any atom is -0.441 e. The van der Waals surface area contributed by atoms with E-state index in [-0.39, 0.29) is 24.2 Å². The van der Waals surface area contributed by atoms with E-state index >= 15 is 0 Å². The number of hydrogen-bond acceptors (Lipinski definition) is 3. The number of nitrogens with one attached hydrogen (secondary N) is 1. The van der Waals surface area contributed by atoms with E-state index in [1.54, 1.807) is 18.2 Å². The number of amides is 1. The molecule has 0 aliphatic carbocycles. The van der Waals surface area contributed by atoms with Crippen LogP contribution in [0.2, 0.25) is 5.02 Å². The lowest BCUT2D eigenvalue weighted by atomic mass is 10.0. The number of carbonyl (C=O) groups excluding carboxylic acids is 1. The molecule has 0 bridgehead atoms. The highest BCUT2D eigenvalue weighted by Crippen LogP contribution is 2.24. The molecule has 1 heterocycles. The van der Waals surface area contributed by atoms with E-state index in [4.69, 9.17) is 16.0 Å². The van der Waals surface area contributed by atoms with E-state index in [2.05, 4.69) is 10.3 Å². The summed E-state index contributed by atoms with van der Waals surface area (Å²) in [6, 6.07) is 13.7. The summed E-state index contributed by atoms with van der Waals surface area (Å²) in [4.78, 5) is 16.4. The van der Waals surface area contributed by atoms with Crippen LogP contribution >= 0.6 is 11.6 Å². The summed E-state index contributed by atoms with van der Waals surface area (Å²) in [6.07, 6.45) is 2.83. The molecule has 140 valence electrons. The van der Waals surface area contributed by atoms with Crippen LogP contribution < -0.4 is 5.32 Å². The summed E-state index contributed by atoms with van der Waals surface area (Å²) in [5.74, 6) is 0.299. The maximum absolute atomic E-state index is 13.8. The summed E-state index contributed by atoms with van der Waals surface area (Å²) in [5.41, 5.74) is 1.36. The van der Waals surface area contributed by atoms with Crippen LogP contribution in [0.15, 0.2) is 59.1 Å². The first-order valence-corrected chi connectivity index (χ1v) is 9.19. The van der Waals surface area contributed by atoms with Gasteiger partial charge in [-0.1, -0.05) is 42.8 Å². The summed E-state index contributed by atoms with van der Waals surface area (Å²) in [5, 5.41) is 3.67. The molecule has 1 amide bonds. The predicted molar refractivity (Wildman–Crippen MR) is 103 cm³/mol. The van der Waals surface area contributed by atoms with E-state index in [0.29, 0.717) is 28.7 Å². The van der Waals surface area contributed by atoms with E-state index in [1.807, 2.05) is 31.2 Å². The first kappa shape index (κ1) is 19.1. The zero-order valence-electron chi connectivity index (χ0n) is 14.9. The predicted octanol–water partition coefficient (Wildman–Crippen LogP) is 5.33. The van der Waals surface area contributed by atoms with Crippen molar-refractivity contribution in [3.05, 3.63) is 77.0 Å². The van der Waals surface area contributed by atoms with Gasteiger partial charge in [0, 0.05) is 17.9 Å². The Balaban J connectivity index is 1.57. The van der Waals surface area contributed by atoms with Crippen LogP contribution in [-0.2, 0) is 11.2 Å². The second-order valence-corrected chi connectivity index (χ2v) is 6.61. The maximum Gasteiger partial charge on any atom is 0.220 e. The Morgan fingerprint density at radius 2 is 1.96 bits per heavy atom. The standard InChI is InChI=1S/C21H20ClFN2O2/c1-2-18(14-7-9-15(22)10-8-14)25-20(26)11-12-21-24-13-19(27-21)16-5-3-4-6-17(16)23/h3-10,13,18H,2,11-12H2,1H3,(H,25,26)/t18-/m1/s1. The molecule has 0 aliphatic rings. The second-order valence-electron chi connectivity index (χ2n) is 6.18. The molecular weight excluding hydrogens is 367 g/mol. The first-order chi connectivity index (χ1) is 13.1. The molecule has 1 aromatic heterocycles. The van der Waals surface area contributed by atoms with Crippen LogP contribution in [0.5, 0.6) is 0 Å². The minimum absolute atomic E-state index is 0.0756. The Morgan fingerprint density at radius 3 is 2.67 bits per heavy atom. The Morgan fingerprint density at radius 1 is 1.22 bits per heavy atom. The van der Waals surface area contributed by atoms with E-state index in [9.17, 15) is 9.18 Å². The molecule has 0 aliphatic heterocycles. The molecule has 2 aromatic carbocycles. The minimum atomic E-state index is -0.369. The lowest BCUT2D eigenvalue weighted by Crippen LogP contribution is -2.28. The van der Waals surface area contributed by atoms with Gasteiger partial charge in [-0.2, -0.15) is 0 Å². The molecule has 0 saturated heterocycles. The quantitative estimate of drug-likeness (QED) is 0.596. The summed E-state index contributed by atoms with van der Waals surface area (Å²) in [6.45, 7) is 2.01. The number of aromatic nitrogens is 1. The van der Waals surface area contributed by atoms with Gasteiger partial charge in [-0.3, -0.25) is 4.79 Å². The van der Waals surface area contributed by atoms with E-state index < -0.39 is 0 Å². The normalized spacial score (nSPS) is 12.0. The second kappa shape index (κ2) is 8.82. The topological polar surface area (TPSA) is 55.1 Å². The first-order valence-electron chi connectivity index (χ1n) is 8.81. The fourth-order valence-electron chi connectivity index (χ4n) is 2.81. The molecule has 3 aromatic rings. The fraction of sp³-hybridized carbons (Fsp3) is 0.238. The number of aryl methyl sites for hydroxylation is 1. The monoisotopic (exact) mass is 386 g/mol. The van der Waals surface area contributed by atoms with Gasteiger partial charge in [0.15, 0.2) is 11.7 Å². The molecule has 27 heavy (non-hydrogen) atoms. The highest BCUT2D eigenvalue weighted by Gasteiger charge is 2.15. The summed E-state index contributed by atoms with van der Waals surface area (Å²) >= 11 is 5.91. The number of oxazole rings is 1. The van der Waals surface area contributed by atoms with Gasteiger partial charge in [0.1, 0.15) is 5.82 Å². The van der Waals surface area contributed by atoms with Gasteiger partial charge in [0.05, 0.1) is 17.8 Å². The summed E-state index contributed by atoms with van der Waals surface area (Å²) < 4.78 is 19.4. The molecule has 0 radical (unpaired) electrons. The highest BCUT2D eigenvalue weighted by atomic mass is 35.5. The summed E-state index contributed by atoms with van der Waals surface area (Å²) in [7, 11) is 0. The number of hydrogen-bond donors (Lipinski definition) is 1. The number of carbonyl (C=O) groups is 1. The molecule has 4 nitrogen and oxygen atoms in total. The fourth-order valence-corrected chi connectivity index (χ4v) is 2.94. The van der Waals surface area contributed by atoms with Crippen LogP contribution in [0.4, 0.5) is 4.39 Å². The van der Waals surface area contributed by atoms with Crippen LogP contribution in [0.25, 0.3) is 11.3 Å². The van der Waals surface area contributed by atoms with Gasteiger partial charge < -0.3 is 9.73 Å². The van der Waals surface area contributed by atoms with Gasteiger partial charge in [-0.25, -0.2) is 9.37 Å². The molecule has 6 heteroatoms. The van der Waals surface area contributed by atoms with Crippen LogP contribution in [-0.4, -0.2) is 10.9 Å². The average Bonchev–Trinajstić information content (AvgIpc) is 3.14. The SMILES string of the molecule is CC[C@@H](NC(=O)CCc1ncc(-c2ccccc2F)o1)c1ccc(Cl)cc1. The van der Waals surface area contributed by atoms with E-state index in [1.165, 1.54) is 12.3 Å². The van der Waals surface area contributed by atoms with Gasteiger partial charge in [0.25, 0.3) is 0 Å². The molecule has 0 spiro atoms. The van der Waals surface area contributed by atoms with Crippen molar-refractivity contribution in [1.29, 1.82) is 0 Å². The van der Waals surface area contributed by atoms with Crippen molar-refractivity contribution >= 4 is 17.5 Å². The largest absolute Gasteiger partial charge is 0.441 e. The number of halogens is 2. The lowest BCUT2D eigenvalue weighted by molar-refractivity contribution is -0.121. The molecule has 0 unspecified atom stereocenters. The number of nitrogens with zero attached hydrogens (tertiary/aromatic N) is 1. The van der Waals surface area contributed by atoms with Crippen molar-refractivity contribution < 1.29 is 13.6 Å². The lowest BCUT2D eigenvalue weighted by Gasteiger charge is -2.17. The van der Waals surface area contributed by atoms with Crippen molar-refractivity contribution in [2.45, 2.75) is 32.2 Å². The van der Waals surface area contributed by atoms with Gasteiger partial charge in [-0.05, 0) is 36.2 Å². The Hall–Kier alpha value is -2.66.